The maximum absolute atomic E-state index is 13.5. The zero-order chi connectivity index (χ0) is 16.2. The van der Waals surface area contributed by atoms with Gasteiger partial charge in [-0.1, -0.05) is 0 Å². The summed E-state index contributed by atoms with van der Waals surface area (Å²) in [6, 6.07) is 1.48. The number of nitrogens with two attached hydrogens (primary N) is 1. The van der Waals surface area contributed by atoms with Crippen LogP contribution >= 0.6 is 15.9 Å². The first-order valence-corrected chi connectivity index (χ1v) is 8.32. The van der Waals surface area contributed by atoms with E-state index in [2.05, 4.69) is 21.2 Å². The van der Waals surface area contributed by atoms with Crippen molar-refractivity contribution in [3.8, 4) is 0 Å². The molecular formula is C12H16BrFN2O4S. The van der Waals surface area contributed by atoms with Crippen LogP contribution in [0.2, 0.25) is 0 Å². The van der Waals surface area contributed by atoms with Crippen molar-refractivity contribution in [3.05, 3.63) is 28.0 Å². The number of methoxy groups -OCH3 is 1. The Balaban J connectivity index is 3.08. The Morgan fingerprint density at radius 2 is 2.14 bits per heavy atom. The van der Waals surface area contributed by atoms with Gasteiger partial charge >= 0.3 is 0 Å². The van der Waals surface area contributed by atoms with Crippen molar-refractivity contribution in [2.75, 3.05) is 13.7 Å². The van der Waals surface area contributed by atoms with Gasteiger partial charge in [0.2, 0.25) is 10.0 Å². The lowest BCUT2D eigenvalue weighted by molar-refractivity contribution is 0.0928. The predicted octanol–water partition coefficient (Wildman–Crippen LogP) is 1.39. The number of hydrogen-bond donors (Lipinski definition) is 2. The highest BCUT2D eigenvalue weighted by Gasteiger charge is 2.22. The van der Waals surface area contributed by atoms with Crippen LogP contribution in [0.1, 0.15) is 23.7 Å². The molecule has 1 aromatic rings. The van der Waals surface area contributed by atoms with Gasteiger partial charge in [0.05, 0.1) is 14.9 Å². The summed E-state index contributed by atoms with van der Waals surface area (Å²) in [5, 5.41) is 7.62. The lowest BCUT2D eigenvalue weighted by Gasteiger charge is -2.15. The Morgan fingerprint density at radius 1 is 1.52 bits per heavy atom. The minimum absolute atomic E-state index is 0.0668. The van der Waals surface area contributed by atoms with Crippen LogP contribution in [-0.2, 0) is 14.8 Å². The van der Waals surface area contributed by atoms with Gasteiger partial charge in [-0.15, -0.1) is 0 Å². The summed E-state index contributed by atoms with van der Waals surface area (Å²) < 4.78 is 41.1. The number of sulfonamides is 1. The molecule has 0 fully saturated rings. The second-order valence-electron chi connectivity index (χ2n) is 4.47. The maximum atomic E-state index is 13.5. The molecule has 118 valence electrons. The number of halogens is 2. The number of hydrogen-bond acceptors (Lipinski definition) is 4. The molecule has 9 heteroatoms. The zero-order valence-electron chi connectivity index (χ0n) is 11.5. The smallest absolute Gasteiger partial charge is 0.252 e. The van der Waals surface area contributed by atoms with Crippen LogP contribution in [0.3, 0.4) is 0 Å². The van der Waals surface area contributed by atoms with E-state index in [-0.39, 0.29) is 16.1 Å². The number of primary sulfonamides is 1. The SMILES string of the molecule is COCCC(C)NC(=O)c1cc(F)cc(S(N)(=O)=O)c1Br. The normalized spacial score (nSPS) is 13.0. The lowest BCUT2D eigenvalue weighted by Crippen LogP contribution is -2.34. The standard InChI is InChI=1S/C12H16BrFN2O4S/c1-7(3-4-20-2)16-12(17)9-5-8(14)6-10(11(9)13)21(15,18)19/h5-7H,3-4H2,1-2H3,(H,16,17)(H2,15,18,19). The number of benzene rings is 1. The number of carbonyl (C=O) groups excluding carboxylic acids is 1. The van der Waals surface area contributed by atoms with Crippen LogP contribution in [0, 0.1) is 5.82 Å². The van der Waals surface area contributed by atoms with Gasteiger partial charge in [0.1, 0.15) is 5.82 Å². The summed E-state index contributed by atoms with van der Waals surface area (Å²) in [6.45, 7) is 2.21. The minimum Gasteiger partial charge on any atom is -0.385 e. The molecule has 0 saturated heterocycles. The van der Waals surface area contributed by atoms with Crippen molar-refractivity contribution in [3.63, 3.8) is 0 Å². The Kier molecular flexibility index (Phi) is 6.26. The second-order valence-corrected chi connectivity index (χ2v) is 6.79. The molecular weight excluding hydrogens is 367 g/mol. The van der Waals surface area contributed by atoms with Crippen molar-refractivity contribution in [2.24, 2.45) is 5.14 Å². The molecule has 21 heavy (non-hydrogen) atoms. The average Bonchev–Trinajstić information content (AvgIpc) is 2.37. The molecule has 0 aliphatic heterocycles. The third-order valence-corrected chi connectivity index (χ3v) is 4.74. The fourth-order valence-corrected chi connectivity index (χ4v) is 3.33. The van der Waals surface area contributed by atoms with Crippen LogP contribution in [-0.4, -0.2) is 34.1 Å². The second kappa shape index (κ2) is 7.30. The van der Waals surface area contributed by atoms with E-state index in [4.69, 9.17) is 9.88 Å². The first-order valence-electron chi connectivity index (χ1n) is 5.98. The van der Waals surface area contributed by atoms with E-state index in [0.29, 0.717) is 13.0 Å². The van der Waals surface area contributed by atoms with Crippen LogP contribution < -0.4 is 10.5 Å². The maximum Gasteiger partial charge on any atom is 0.252 e. The molecule has 0 spiro atoms. The summed E-state index contributed by atoms with van der Waals surface area (Å²) in [5.41, 5.74) is -0.136. The molecule has 6 nitrogen and oxygen atoms in total. The number of carbonyl (C=O) groups is 1. The Hall–Kier alpha value is -1.03. The van der Waals surface area contributed by atoms with Crippen LogP contribution in [0.25, 0.3) is 0 Å². The number of ether oxygens (including phenoxy) is 1. The highest BCUT2D eigenvalue weighted by Crippen LogP contribution is 2.26. The molecule has 0 aliphatic carbocycles. The third-order valence-electron chi connectivity index (χ3n) is 2.69. The Labute approximate surface area is 131 Å². The van der Waals surface area contributed by atoms with E-state index < -0.39 is 26.6 Å². The van der Waals surface area contributed by atoms with Gasteiger partial charge in [-0.25, -0.2) is 17.9 Å². The van der Waals surface area contributed by atoms with E-state index in [1.165, 1.54) is 7.11 Å². The third kappa shape index (κ3) is 5.03. The molecule has 0 bridgehead atoms. The van der Waals surface area contributed by atoms with Gasteiger partial charge in [-0.05, 0) is 41.4 Å². The number of rotatable bonds is 6. The lowest BCUT2D eigenvalue weighted by atomic mass is 10.1. The van der Waals surface area contributed by atoms with E-state index in [1.54, 1.807) is 6.92 Å². The van der Waals surface area contributed by atoms with Crippen molar-refractivity contribution in [2.45, 2.75) is 24.3 Å². The monoisotopic (exact) mass is 382 g/mol. The molecule has 1 unspecified atom stereocenters. The Morgan fingerprint density at radius 3 is 2.67 bits per heavy atom. The fraction of sp³-hybridized carbons (Fsp3) is 0.417. The quantitative estimate of drug-likeness (QED) is 0.776. The van der Waals surface area contributed by atoms with E-state index in [9.17, 15) is 17.6 Å². The first-order chi connectivity index (χ1) is 9.66. The van der Waals surface area contributed by atoms with Gasteiger partial charge in [0.25, 0.3) is 5.91 Å². The first kappa shape index (κ1) is 18.0. The predicted molar refractivity (Wildman–Crippen MR) is 78.9 cm³/mol. The summed E-state index contributed by atoms with van der Waals surface area (Å²) in [6.07, 6.45) is 0.567. The summed E-state index contributed by atoms with van der Waals surface area (Å²) in [4.78, 5) is 11.6. The van der Waals surface area contributed by atoms with Crippen LogP contribution in [0.4, 0.5) is 4.39 Å². The van der Waals surface area contributed by atoms with Gasteiger partial charge in [0.15, 0.2) is 0 Å². The van der Waals surface area contributed by atoms with E-state index >= 15 is 0 Å². The Bertz CT molecular complexity index is 636. The van der Waals surface area contributed by atoms with Crippen molar-refractivity contribution in [1.82, 2.24) is 5.32 Å². The van der Waals surface area contributed by atoms with Gasteiger partial charge in [0, 0.05) is 19.8 Å². The summed E-state index contributed by atoms with van der Waals surface area (Å²) >= 11 is 2.98. The van der Waals surface area contributed by atoms with Crippen molar-refractivity contribution < 1.29 is 22.3 Å². The van der Waals surface area contributed by atoms with E-state index in [0.717, 1.165) is 12.1 Å². The summed E-state index contributed by atoms with van der Waals surface area (Å²) in [5.74, 6) is -1.47. The molecule has 0 aromatic heterocycles. The summed E-state index contributed by atoms with van der Waals surface area (Å²) in [7, 11) is -2.60. The largest absolute Gasteiger partial charge is 0.385 e. The van der Waals surface area contributed by atoms with Crippen LogP contribution in [0.5, 0.6) is 0 Å². The number of nitrogens with one attached hydrogen (secondary N) is 1. The highest BCUT2D eigenvalue weighted by molar-refractivity contribution is 9.10. The van der Waals surface area contributed by atoms with Crippen LogP contribution in [0.15, 0.2) is 21.5 Å². The average molecular weight is 383 g/mol. The molecule has 1 aromatic carbocycles. The molecule has 1 amide bonds. The molecule has 0 heterocycles. The van der Waals surface area contributed by atoms with Crippen molar-refractivity contribution in [1.29, 1.82) is 0 Å². The molecule has 0 saturated carbocycles. The van der Waals surface area contributed by atoms with Gasteiger partial charge < -0.3 is 10.1 Å². The fourth-order valence-electron chi connectivity index (χ4n) is 1.60. The van der Waals surface area contributed by atoms with Gasteiger partial charge in [-0.2, -0.15) is 0 Å². The van der Waals surface area contributed by atoms with E-state index in [1.807, 2.05) is 0 Å². The number of amides is 1. The topological polar surface area (TPSA) is 98.5 Å². The molecule has 0 radical (unpaired) electrons. The highest BCUT2D eigenvalue weighted by atomic mass is 79.9. The molecule has 1 rings (SSSR count). The molecule has 0 aliphatic rings. The van der Waals surface area contributed by atoms with Crippen molar-refractivity contribution >= 4 is 31.9 Å². The zero-order valence-corrected chi connectivity index (χ0v) is 13.9. The molecule has 1 atom stereocenters. The minimum atomic E-state index is -4.14. The molecule has 3 N–H and O–H groups in total. The van der Waals surface area contributed by atoms with Gasteiger partial charge in [-0.3, -0.25) is 4.79 Å².